The molecule has 2 amide bonds. The van der Waals surface area contributed by atoms with Gasteiger partial charge in [0, 0.05) is 37.8 Å². The summed E-state index contributed by atoms with van der Waals surface area (Å²) in [6.45, 7) is 5.44. The Morgan fingerprint density at radius 3 is 2.78 bits per heavy atom. The van der Waals surface area contributed by atoms with Crippen molar-refractivity contribution in [3.63, 3.8) is 0 Å². The van der Waals surface area contributed by atoms with Crippen LogP contribution in [0.5, 0.6) is 0 Å². The summed E-state index contributed by atoms with van der Waals surface area (Å²) >= 11 is 0. The van der Waals surface area contributed by atoms with Gasteiger partial charge >= 0.3 is 6.03 Å². The first-order valence-electron chi connectivity index (χ1n) is 7.83. The molecule has 1 aromatic carbocycles. The number of fused-ring (bicyclic) bond motifs is 1. The fraction of sp³-hybridized carbons (Fsp3) is 0.471. The Bertz CT molecular complexity index is 652. The maximum absolute atomic E-state index is 12.5. The lowest BCUT2D eigenvalue weighted by atomic mass is 10.2. The van der Waals surface area contributed by atoms with E-state index in [4.69, 9.17) is 9.84 Å². The van der Waals surface area contributed by atoms with Crippen LogP contribution in [0.3, 0.4) is 0 Å². The van der Waals surface area contributed by atoms with E-state index in [0.717, 1.165) is 23.1 Å². The Balaban J connectivity index is 2.27. The van der Waals surface area contributed by atoms with Crippen molar-refractivity contribution in [3.8, 4) is 0 Å². The number of aliphatic hydroxyl groups is 1. The highest BCUT2D eigenvalue weighted by Crippen LogP contribution is 2.26. The molecule has 0 aliphatic carbocycles. The Morgan fingerprint density at radius 2 is 2.13 bits per heavy atom. The quantitative estimate of drug-likeness (QED) is 0.824. The number of carbonyl (C=O) groups is 1. The van der Waals surface area contributed by atoms with Gasteiger partial charge in [-0.05, 0) is 19.9 Å². The van der Waals surface area contributed by atoms with E-state index in [1.54, 1.807) is 12.0 Å². The number of rotatable bonds is 7. The van der Waals surface area contributed by atoms with Crippen LogP contribution in [0, 0.1) is 0 Å². The highest BCUT2D eigenvalue weighted by molar-refractivity contribution is 6.01. The number of hydrogen-bond donors (Lipinski definition) is 2. The molecule has 1 aromatic heterocycles. The molecule has 0 fully saturated rings. The molecule has 0 aliphatic heterocycles. The molecule has 0 aliphatic rings. The van der Waals surface area contributed by atoms with Gasteiger partial charge in [0.15, 0.2) is 0 Å². The van der Waals surface area contributed by atoms with Crippen molar-refractivity contribution >= 4 is 22.6 Å². The lowest BCUT2D eigenvalue weighted by molar-refractivity contribution is 0.172. The summed E-state index contributed by atoms with van der Waals surface area (Å²) in [6, 6.07) is 7.75. The van der Waals surface area contributed by atoms with Crippen molar-refractivity contribution in [2.75, 3.05) is 32.2 Å². The minimum atomic E-state index is -0.205. The van der Waals surface area contributed by atoms with Gasteiger partial charge in [0.1, 0.15) is 0 Å². The predicted octanol–water partition coefficient (Wildman–Crippen LogP) is 2.52. The molecule has 2 rings (SSSR count). The van der Waals surface area contributed by atoms with Gasteiger partial charge in [-0.25, -0.2) is 4.79 Å². The van der Waals surface area contributed by atoms with Gasteiger partial charge in [0.2, 0.25) is 0 Å². The second kappa shape index (κ2) is 7.99. The highest BCUT2D eigenvalue weighted by atomic mass is 16.5. The van der Waals surface area contributed by atoms with Crippen LogP contribution in [0.4, 0.5) is 10.5 Å². The number of urea groups is 1. The summed E-state index contributed by atoms with van der Waals surface area (Å²) in [6.07, 6.45) is 1.93. The third-order valence-corrected chi connectivity index (χ3v) is 3.79. The monoisotopic (exact) mass is 319 g/mol. The summed E-state index contributed by atoms with van der Waals surface area (Å²) < 4.78 is 7.21. The summed E-state index contributed by atoms with van der Waals surface area (Å²) in [7, 11) is 1.67. The van der Waals surface area contributed by atoms with Crippen LogP contribution in [-0.4, -0.2) is 53.5 Å². The number of hydrogen-bond acceptors (Lipinski definition) is 3. The van der Waals surface area contributed by atoms with E-state index in [1.165, 1.54) is 0 Å². The first-order valence-corrected chi connectivity index (χ1v) is 7.83. The van der Waals surface area contributed by atoms with Gasteiger partial charge < -0.3 is 24.6 Å². The van der Waals surface area contributed by atoms with E-state index >= 15 is 0 Å². The second-order valence-electron chi connectivity index (χ2n) is 5.69. The number of aliphatic hydroxyl groups excluding tert-OH is 1. The standard InChI is InChI=1S/C17H25N3O3/c1-13(2)20(8-10-21)17(22)18-15-12-19(9-11-23-3)16-7-5-4-6-14(15)16/h4-7,12-13,21H,8-11H2,1-3H3,(H,18,22). The minimum Gasteiger partial charge on any atom is -0.395 e. The van der Waals surface area contributed by atoms with Crippen molar-refractivity contribution in [1.82, 2.24) is 9.47 Å². The highest BCUT2D eigenvalue weighted by Gasteiger charge is 2.18. The number of anilines is 1. The average Bonchev–Trinajstić information content (AvgIpc) is 2.88. The number of nitrogens with zero attached hydrogens (tertiary/aromatic N) is 2. The predicted molar refractivity (Wildman–Crippen MR) is 91.8 cm³/mol. The van der Waals surface area contributed by atoms with Crippen LogP contribution in [0.25, 0.3) is 10.9 Å². The maximum atomic E-state index is 12.5. The molecule has 2 N–H and O–H groups in total. The molecule has 23 heavy (non-hydrogen) atoms. The molecule has 0 saturated heterocycles. The topological polar surface area (TPSA) is 66.7 Å². The van der Waals surface area contributed by atoms with E-state index in [1.807, 2.05) is 44.3 Å². The fourth-order valence-electron chi connectivity index (χ4n) is 2.61. The Labute approximate surface area is 136 Å². The molecule has 0 atom stereocenters. The molecule has 0 bridgehead atoms. The lowest BCUT2D eigenvalue weighted by Crippen LogP contribution is -2.41. The van der Waals surface area contributed by atoms with E-state index in [9.17, 15) is 4.79 Å². The number of methoxy groups -OCH3 is 1. The molecule has 1 heterocycles. The number of nitrogens with one attached hydrogen (secondary N) is 1. The SMILES string of the molecule is COCCn1cc(NC(=O)N(CCO)C(C)C)c2ccccc21. The number of aromatic nitrogens is 1. The molecule has 0 spiro atoms. The minimum absolute atomic E-state index is 0.0176. The maximum Gasteiger partial charge on any atom is 0.322 e. The third-order valence-electron chi connectivity index (χ3n) is 3.79. The molecular formula is C17H25N3O3. The smallest absolute Gasteiger partial charge is 0.322 e. The Kier molecular flexibility index (Phi) is 6.01. The zero-order chi connectivity index (χ0) is 16.8. The normalized spacial score (nSPS) is 11.2. The van der Waals surface area contributed by atoms with Crippen molar-refractivity contribution in [1.29, 1.82) is 0 Å². The van der Waals surface area contributed by atoms with Gasteiger partial charge in [-0.1, -0.05) is 18.2 Å². The van der Waals surface area contributed by atoms with E-state index in [-0.39, 0.29) is 18.7 Å². The van der Waals surface area contributed by atoms with Crippen LogP contribution in [0.15, 0.2) is 30.5 Å². The lowest BCUT2D eigenvalue weighted by Gasteiger charge is -2.25. The molecule has 126 valence electrons. The summed E-state index contributed by atoms with van der Waals surface area (Å²) in [5.41, 5.74) is 1.82. The molecule has 6 heteroatoms. The number of ether oxygens (including phenoxy) is 1. The summed E-state index contributed by atoms with van der Waals surface area (Å²) in [4.78, 5) is 14.1. The summed E-state index contributed by atoms with van der Waals surface area (Å²) in [5.74, 6) is 0. The van der Waals surface area contributed by atoms with Crippen LogP contribution in [-0.2, 0) is 11.3 Å². The van der Waals surface area contributed by atoms with Gasteiger partial charge in [-0.2, -0.15) is 0 Å². The van der Waals surface area contributed by atoms with Gasteiger partial charge in [-0.3, -0.25) is 0 Å². The van der Waals surface area contributed by atoms with Crippen LogP contribution < -0.4 is 5.32 Å². The second-order valence-corrected chi connectivity index (χ2v) is 5.69. The zero-order valence-electron chi connectivity index (χ0n) is 14.0. The first-order chi connectivity index (χ1) is 11.1. The van der Waals surface area contributed by atoms with E-state index in [0.29, 0.717) is 13.2 Å². The van der Waals surface area contributed by atoms with Crippen molar-refractivity contribution in [2.45, 2.75) is 26.4 Å². The van der Waals surface area contributed by atoms with Gasteiger partial charge in [0.25, 0.3) is 0 Å². The largest absolute Gasteiger partial charge is 0.395 e. The molecule has 0 saturated carbocycles. The van der Waals surface area contributed by atoms with Gasteiger partial charge in [0.05, 0.1) is 24.4 Å². The molecular weight excluding hydrogens is 294 g/mol. The first kappa shape index (κ1) is 17.3. The molecule has 2 aromatic rings. The number of benzene rings is 1. The van der Waals surface area contributed by atoms with Crippen LogP contribution in [0.1, 0.15) is 13.8 Å². The summed E-state index contributed by atoms with van der Waals surface area (Å²) in [5, 5.41) is 13.1. The van der Waals surface area contributed by atoms with E-state index < -0.39 is 0 Å². The Hall–Kier alpha value is -2.05. The molecule has 6 nitrogen and oxygen atoms in total. The van der Waals surface area contributed by atoms with Crippen molar-refractivity contribution in [2.24, 2.45) is 0 Å². The number of para-hydroxylation sites is 1. The van der Waals surface area contributed by atoms with Crippen LogP contribution in [0.2, 0.25) is 0 Å². The molecule has 0 unspecified atom stereocenters. The number of carbonyl (C=O) groups excluding carboxylic acids is 1. The number of amides is 2. The average molecular weight is 319 g/mol. The van der Waals surface area contributed by atoms with Crippen LogP contribution >= 0.6 is 0 Å². The zero-order valence-corrected chi connectivity index (χ0v) is 14.0. The van der Waals surface area contributed by atoms with Crippen molar-refractivity contribution < 1.29 is 14.6 Å². The van der Waals surface area contributed by atoms with Crippen molar-refractivity contribution in [3.05, 3.63) is 30.5 Å². The Morgan fingerprint density at radius 1 is 1.39 bits per heavy atom. The molecule has 0 radical (unpaired) electrons. The fourth-order valence-corrected chi connectivity index (χ4v) is 2.61. The van der Waals surface area contributed by atoms with E-state index in [2.05, 4.69) is 9.88 Å². The van der Waals surface area contributed by atoms with Gasteiger partial charge in [-0.15, -0.1) is 0 Å². The third kappa shape index (κ3) is 4.03.